The zero-order valence-corrected chi connectivity index (χ0v) is 25.8. The summed E-state index contributed by atoms with van der Waals surface area (Å²) in [5.74, 6) is -0.0898. The van der Waals surface area contributed by atoms with Gasteiger partial charge in [-0.3, -0.25) is 14.4 Å². The predicted molar refractivity (Wildman–Crippen MR) is 170 cm³/mol. The molecule has 3 atom stereocenters. The molecule has 2 aromatic heterocycles. The van der Waals surface area contributed by atoms with E-state index in [-0.39, 0.29) is 23.6 Å². The van der Waals surface area contributed by atoms with E-state index < -0.39 is 17.6 Å². The Morgan fingerprint density at radius 2 is 1.91 bits per heavy atom. The van der Waals surface area contributed by atoms with Crippen LogP contribution in [0.3, 0.4) is 0 Å². The summed E-state index contributed by atoms with van der Waals surface area (Å²) >= 11 is 7.06. The Morgan fingerprint density at radius 3 is 2.67 bits per heavy atom. The van der Waals surface area contributed by atoms with Gasteiger partial charge in [0.15, 0.2) is 0 Å². The molecule has 0 saturated carbocycles. The number of anilines is 1. The SMILES string of the molecule is COc1nc(-c2cccc(-c3cccc(NC(=O)c4ccnn(C)c4=O)c3C)c2Cl)cc2c1[C@@H](NC[C@@H]1CCC(=O)N1)[C@@H](O)C2. The van der Waals surface area contributed by atoms with Gasteiger partial charge in [0.2, 0.25) is 11.8 Å². The van der Waals surface area contributed by atoms with Crippen molar-refractivity contribution in [1.29, 1.82) is 0 Å². The first-order chi connectivity index (χ1) is 21.7. The summed E-state index contributed by atoms with van der Waals surface area (Å²) in [5, 5.41) is 24.5. The minimum absolute atomic E-state index is 0.0122. The van der Waals surface area contributed by atoms with E-state index in [0.29, 0.717) is 47.2 Å². The van der Waals surface area contributed by atoms with Crippen molar-refractivity contribution in [2.45, 2.75) is 44.4 Å². The molecule has 1 fully saturated rings. The van der Waals surface area contributed by atoms with Crippen molar-refractivity contribution >= 4 is 29.1 Å². The Balaban J connectivity index is 1.30. The van der Waals surface area contributed by atoms with Crippen molar-refractivity contribution in [3.8, 4) is 28.3 Å². The van der Waals surface area contributed by atoms with Gasteiger partial charge in [-0.25, -0.2) is 9.67 Å². The van der Waals surface area contributed by atoms with Crippen LogP contribution >= 0.6 is 11.6 Å². The third-order valence-corrected chi connectivity index (χ3v) is 8.90. The van der Waals surface area contributed by atoms with Gasteiger partial charge in [0.25, 0.3) is 11.5 Å². The number of methoxy groups -OCH3 is 1. The Bertz CT molecular complexity index is 1880. The van der Waals surface area contributed by atoms with Crippen LogP contribution < -0.4 is 26.2 Å². The van der Waals surface area contributed by atoms with Gasteiger partial charge >= 0.3 is 0 Å². The molecule has 6 rings (SSSR count). The van der Waals surface area contributed by atoms with Crippen LogP contribution in [0.2, 0.25) is 5.02 Å². The molecular weight excluding hydrogens is 596 g/mol. The number of pyridine rings is 1. The standard InChI is InChI=1S/C33H33ClN6O5/c1-17-20(6-5-9-24(17)38-31(43)23-12-13-36-40(2)33(23)44)21-7-4-8-22(29(21)34)25-14-18-15-26(41)30(28(18)32(39-25)45-3)35-16-19-10-11-27(42)37-19/h4-9,12-14,19,26,30,35,41H,10-11,15-16H2,1-3H3,(H,37,42)(H,38,43)/t19-,26-,30-/m0/s1. The summed E-state index contributed by atoms with van der Waals surface area (Å²) in [6, 6.07) is 14.1. The zero-order valence-electron chi connectivity index (χ0n) is 25.1. The number of aryl methyl sites for hydroxylation is 1. The minimum Gasteiger partial charge on any atom is -0.481 e. The molecule has 0 spiro atoms. The van der Waals surface area contributed by atoms with E-state index in [1.54, 1.807) is 13.2 Å². The van der Waals surface area contributed by atoms with Crippen LogP contribution in [0.5, 0.6) is 5.88 Å². The van der Waals surface area contributed by atoms with Crippen molar-refractivity contribution in [3.63, 3.8) is 0 Å². The summed E-state index contributed by atoms with van der Waals surface area (Å²) in [7, 11) is 3.04. The number of carbonyl (C=O) groups excluding carboxylic acids is 2. The molecule has 1 saturated heterocycles. The van der Waals surface area contributed by atoms with E-state index in [0.717, 1.165) is 38.9 Å². The molecule has 2 amide bonds. The Morgan fingerprint density at radius 1 is 1.16 bits per heavy atom. The molecule has 0 unspecified atom stereocenters. The molecular formula is C33H33ClN6O5. The van der Waals surface area contributed by atoms with E-state index in [9.17, 15) is 19.5 Å². The number of amides is 2. The lowest BCUT2D eigenvalue weighted by Gasteiger charge is -2.22. The van der Waals surface area contributed by atoms with Gasteiger partial charge in [-0.05, 0) is 48.2 Å². The molecule has 12 heteroatoms. The highest BCUT2D eigenvalue weighted by Gasteiger charge is 2.36. The molecule has 4 N–H and O–H groups in total. The first-order valence-electron chi connectivity index (χ1n) is 14.7. The smallest absolute Gasteiger partial charge is 0.279 e. The molecule has 0 bridgehead atoms. The van der Waals surface area contributed by atoms with Gasteiger partial charge in [-0.15, -0.1) is 0 Å². The number of hydrogen-bond acceptors (Lipinski definition) is 8. The number of halogens is 1. The normalized spacial score (nSPS) is 18.9. The number of nitrogens with one attached hydrogen (secondary N) is 3. The second-order valence-corrected chi connectivity index (χ2v) is 11.7. The molecule has 0 radical (unpaired) electrons. The second kappa shape index (κ2) is 12.4. The number of ether oxygens (including phenoxy) is 1. The molecule has 3 heterocycles. The Hall–Kier alpha value is -4.58. The summed E-state index contributed by atoms with van der Waals surface area (Å²) in [4.78, 5) is 41.8. The molecule has 11 nitrogen and oxygen atoms in total. The van der Waals surface area contributed by atoms with Gasteiger partial charge in [0.05, 0.1) is 30.0 Å². The maximum Gasteiger partial charge on any atom is 0.279 e. The number of fused-ring (bicyclic) bond motifs is 1. The van der Waals surface area contributed by atoms with Gasteiger partial charge in [0, 0.05) is 61.1 Å². The quantitative estimate of drug-likeness (QED) is 0.232. The lowest BCUT2D eigenvalue weighted by Crippen LogP contribution is -2.39. The third kappa shape index (κ3) is 5.82. The monoisotopic (exact) mass is 628 g/mol. The van der Waals surface area contributed by atoms with Crippen molar-refractivity contribution in [1.82, 2.24) is 25.4 Å². The van der Waals surface area contributed by atoms with Crippen LogP contribution in [0, 0.1) is 6.92 Å². The average molecular weight is 629 g/mol. The molecule has 45 heavy (non-hydrogen) atoms. The molecule has 2 aromatic carbocycles. The lowest BCUT2D eigenvalue weighted by atomic mass is 9.96. The van der Waals surface area contributed by atoms with Crippen LogP contribution in [0.25, 0.3) is 22.4 Å². The fourth-order valence-electron chi connectivity index (χ4n) is 6.12. The molecule has 1 aliphatic heterocycles. The van der Waals surface area contributed by atoms with E-state index >= 15 is 0 Å². The highest BCUT2D eigenvalue weighted by molar-refractivity contribution is 6.36. The van der Waals surface area contributed by atoms with E-state index in [4.69, 9.17) is 21.3 Å². The summed E-state index contributed by atoms with van der Waals surface area (Å²) < 4.78 is 6.83. The van der Waals surface area contributed by atoms with E-state index in [2.05, 4.69) is 21.0 Å². The number of benzene rings is 2. The van der Waals surface area contributed by atoms with Gasteiger partial charge < -0.3 is 25.8 Å². The zero-order chi connectivity index (χ0) is 31.8. The van der Waals surface area contributed by atoms with Crippen LogP contribution in [0.4, 0.5) is 5.69 Å². The number of aliphatic hydroxyl groups excluding tert-OH is 1. The maximum atomic E-state index is 13.0. The van der Waals surface area contributed by atoms with Crippen molar-refractivity contribution in [2.24, 2.45) is 7.05 Å². The van der Waals surface area contributed by atoms with E-state index in [1.807, 2.05) is 43.3 Å². The van der Waals surface area contributed by atoms with Crippen molar-refractivity contribution in [3.05, 3.63) is 92.4 Å². The Kier molecular flexibility index (Phi) is 8.41. The van der Waals surface area contributed by atoms with Crippen LogP contribution in [-0.2, 0) is 18.3 Å². The van der Waals surface area contributed by atoms with E-state index in [1.165, 1.54) is 19.3 Å². The fourth-order valence-corrected chi connectivity index (χ4v) is 6.44. The number of aliphatic hydroxyl groups is 1. The summed E-state index contributed by atoms with van der Waals surface area (Å²) in [6.07, 6.45) is 2.40. The third-order valence-electron chi connectivity index (χ3n) is 8.49. The van der Waals surface area contributed by atoms with Crippen molar-refractivity contribution < 1.29 is 19.4 Å². The van der Waals surface area contributed by atoms with Crippen molar-refractivity contribution in [2.75, 3.05) is 19.0 Å². The Labute approximate surface area is 264 Å². The lowest BCUT2D eigenvalue weighted by molar-refractivity contribution is -0.119. The van der Waals surface area contributed by atoms with Gasteiger partial charge in [-0.1, -0.05) is 41.9 Å². The molecule has 2 aliphatic rings. The summed E-state index contributed by atoms with van der Waals surface area (Å²) in [5.41, 5.74) is 5.33. The van der Waals surface area contributed by atoms with Gasteiger partial charge in [0.1, 0.15) is 5.56 Å². The topological polar surface area (TPSA) is 147 Å². The second-order valence-electron chi connectivity index (χ2n) is 11.3. The van der Waals surface area contributed by atoms with Crippen LogP contribution in [0.1, 0.15) is 45.9 Å². The molecule has 232 valence electrons. The van der Waals surface area contributed by atoms with Crippen LogP contribution in [0.15, 0.2) is 59.5 Å². The number of rotatable bonds is 8. The van der Waals surface area contributed by atoms with Crippen LogP contribution in [-0.4, -0.2) is 57.5 Å². The van der Waals surface area contributed by atoms with Gasteiger partial charge in [-0.2, -0.15) is 5.10 Å². The molecule has 4 aromatic rings. The molecule has 1 aliphatic carbocycles. The number of carbonyl (C=O) groups is 2. The minimum atomic E-state index is -0.683. The first kappa shape index (κ1) is 30.4. The predicted octanol–water partition coefficient (Wildman–Crippen LogP) is 3.56. The fraction of sp³-hybridized carbons (Fsp3) is 0.303. The first-order valence-corrected chi connectivity index (χ1v) is 15.0. The maximum absolute atomic E-state index is 13.0. The largest absolute Gasteiger partial charge is 0.481 e. The highest BCUT2D eigenvalue weighted by Crippen LogP contribution is 2.43. The number of aromatic nitrogens is 3. The number of hydrogen-bond donors (Lipinski definition) is 4. The summed E-state index contributed by atoms with van der Waals surface area (Å²) in [6.45, 7) is 2.41. The average Bonchev–Trinajstić information content (AvgIpc) is 3.59. The highest BCUT2D eigenvalue weighted by atomic mass is 35.5. The number of nitrogens with zero attached hydrogens (tertiary/aromatic N) is 3.